The van der Waals surface area contributed by atoms with Crippen molar-refractivity contribution in [2.45, 2.75) is 11.8 Å². The minimum atomic E-state index is -3.99. The number of nitrogens with zero attached hydrogens (tertiary/aromatic N) is 1. The van der Waals surface area contributed by atoms with E-state index in [1.54, 1.807) is 42.5 Å². The molecule has 0 spiro atoms. The summed E-state index contributed by atoms with van der Waals surface area (Å²) in [5.41, 5.74) is 3.04. The highest BCUT2D eigenvalue weighted by molar-refractivity contribution is 8.08. The summed E-state index contributed by atoms with van der Waals surface area (Å²) < 4.78 is 30.2. The summed E-state index contributed by atoms with van der Waals surface area (Å²) in [7, 11) is -2.51. The highest BCUT2D eigenvalue weighted by atomic mass is 32.2. The van der Waals surface area contributed by atoms with E-state index in [-0.39, 0.29) is 4.90 Å². The zero-order valence-corrected chi connectivity index (χ0v) is 13.5. The first-order valence-corrected chi connectivity index (χ1v) is 8.23. The number of carbonyl (C=O) groups excluding carboxylic acids is 1. The number of para-hydroxylation sites is 2. The first-order chi connectivity index (χ1) is 11.0. The minimum Gasteiger partial charge on any atom is -0.495 e. The van der Waals surface area contributed by atoms with Gasteiger partial charge in [-0.15, -0.1) is 0 Å². The van der Waals surface area contributed by atoms with Crippen molar-refractivity contribution < 1.29 is 17.9 Å². The molecule has 0 radical (unpaired) electrons. The lowest BCUT2D eigenvalue weighted by molar-refractivity contribution is -0.110. The molecule has 0 heterocycles. The number of hydrogen-bond donors (Lipinski definition) is 1. The Morgan fingerprint density at radius 3 is 2.26 bits per heavy atom. The fourth-order valence-corrected chi connectivity index (χ4v) is 3.17. The highest BCUT2D eigenvalue weighted by Crippen LogP contribution is 2.23. The number of hydrazone groups is 1. The van der Waals surface area contributed by atoms with Crippen LogP contribution >= 0.6 is 0 Å². The van der Waals surface area contributed by atoms with Crippen molar-refractivity contribution in [2.24, 2.45) is 5.10 Å². The van der Waals surface area contributed by atoms with E-state index in [1.165, 1.54) is 19.2 Å². The van der Waals surface area contributed by atoms with Crippen LogP contribution in [0.5, 0.6) is 5.75 Å². The molecule has 2 rings (SSSR count). The van der Waals surface area contributed by atoms with Crippen molar-refractivity contribution in [3.63, 3.8) is 0 Å². The number of nitrogens with one attached hydrogen (secondary N) is 1. The number of Topliss-reactive ketones (excluding diaryl/α,β-unsaturated/α-hetero) is 1. The molecule has 0 aliphatic heterocycles. The Kier molecular flexibility index (Phi) is 5.13. The third-order valence-corrected chi connectivity index (χ3v) is 4.77. The highest BCUT2D eigenvalue weighted by Gasteiger charge is 2.26. The molecule has 0 atom stereocenters. The van der Waals surface area contributed by atoms with Gasteiger partial charge in [0.1, 0.15) is 5.75 Å². The number of ether oxygens (including phenoxy) is 1. The molecule has 0 aliphatic rings. The van der Waals surface area contributed by atoms with Crippen molar-refractivity contribution >= 4 is 26.4 Å². The van der Waals surface area contributed by atoms with Gasteiger partial charge in [0.05, 0.1) is 17.7 Å². The van der Waals surface area contributed by atoms with Crippen LogP contribution in [0.15, 0.2) is 64.6 Å². The van der Waals surface area contributed by atoms with E-state index < -0.39 is 20.7 Å². The Morgan fingerprint density at radius 2 is 1.65 bits per heavy atom. The van der Waals surface area contributed by atoms with Gasteiger partial charge in [0.25, 0.3) is 0 Å². The van der Waals surface area contributed by atoms with E-state index in [0.29, 0.717) is 11.4 Å². The number of benzene rings is 2. The average molecular weight is 332 g/mol. The first kappa shape index (κ1) is 16.7. The molecule has 23 heavy (non-hydrogen) atoms. The molecule has 7 heteroatoms. The molecule has 0 amide bonds. The number of anilines is 1. The van der Waals surface area contributed by atoms with Crippen LogP contribution in [0.25, 0.3) is 0 Å². The Bertz CT molecular complexity index is 830. The van der Waals surface area contributed by atoms with E-state index in [1.807, 2.05) is 0 Å². The monoisotopic (exact) mass is 332 g/mol. The van der Waals surface area contributed by atoms with Crippen LogP contribution in [0.3, 0.4) is 0 Å². The van der Waals surface area contributed by atoms with Gasteiger partial charge in [0.2, 0.25) is 14.9 Å². The molecule has 2 aromatic rings. The Hall–Kier alpha value is -2.67. The standard InChI is InChI=1S/C16H16N2O4S/c1-12(19)16(23(20,21)13-8-4-3-5-9-13)18-17-14-10-6-7-11-15(14)22-2/h3-11,17H,1-2H3/b18-16+. The van der Waals surface area contributed by atoms with Crippen LogP contribution in [0, 0.1) is 0 Å². The normalized spacial score (nSPS) is 11.8. The van der Waals surface area contributed by atoms with Crippen LogP contribution in [-0.2, 0) is 14.6 Å². The summed E-state index contributed by atoms with van der Waals surface area (Å²) in [4.78, 5) is 11.8. The average Bonchev–Trinajstić information content (AvgIpc) is 2.55. The number of rotatable bonds is 5. The quantitative estimate of drug-likeness (QED) is 0.516. The number of hydrogen-bond acceptors (Lipinski definition) is 6. The largest absolute Gasteiger partial charge is 0.495 e. The molecule has 0 aliphatic carbocycles. The molecule has 0 aromatic heterocycles. The van der Waals surface area contributed by atoms with Crippen LogP contribution in [0.4, 0.5) is 5.69 Å². The maximum atomic E-state index is 12.5. The molecule has 2 aromatic carbocycles. The summed E-state index contributed by atoms with van der Waals surface area (Å²) in [6, 6.07) is 14.5. The lowest BCUT2D eigenvalue weighted by atomic mass is 10.3. The van der Waals surface area contributed by atoms with Gasteiger partial charge < -0.3 is 4.74 Å². The zero-order valence-electron chi connectivity index (χ0n) is 12.7. The lowest BCUT2D eigenvalue weighted by Crippen LogP contribution is -2.24. The van der Waals surface area contributed by atoms with E-state index in [9.17, 15) is 13.2 Å². The van der Waals surface area contributed by atoms with E-state index in [0.717, 1.165) is 6.92 Å². The minimum absolute atomic E-state index is 0.00998. The van der Waals surface area contributed by atoms with Gasteiger partial charge in [0, 0.05) is 6.92 Å². The van der Waals surface area contributed by atoms with Crippen LogP contribution in [0.1, 0.15) is 6.92 Å². The van der Waals surface area contributed by atoms with E-state index in [2.05, 4.69) is 10.5 Å². The van der Waals surface area contributed by atoms with Gasteiger partial charge in [-0.25, -0.2) is 8.42 Å². The second kappa shape index (κ2) is 7.06. The predicted octanol–water partition coefficient (Wildman–Crippen LogP) is 2.48. The van der Waals surface area contributed by atoms with Crippen molar-refractivity contribution in [2.75, 3.05) is 12.5 Å². The molecule has 0 saturated carbocycles. The van der Waals surface area contributed by atoms with Gasteiger partial charge in [0.15, 0.2) is 5.78 Å². The van der Waals surface area contributed by atoms with E-state index >= 15 is 0 Å². The zero-order chi connectivity index (χ0) is 16.9. The smallest absolute Gasteiger partial charge is 0.229 e. The fourth-order valence-electron chi connectivity index (χ4n) is 1.89. The first-order valence-electron chi connectivity index (χ1n) is 6.74. The summed E-state index contributed by atoms with van der Waals surface area (Å²) in [5, 5.41) is 3.24. The molecule has 0 unspecified atom stereocenters. The molecular formula is C16H16N2O4S. The predicted molar refractivity (Wildman–Crippen MR) is 88.4 cm³/mol. The van der Waals surface area contributed by atoms with Crippen molar-refractivity contribution in [3.8, 4) is 5.75 Å². The third kappa shape index (κ3) is 3.75. The SMILES string of the molecule is COc1ccccc1N/N=C(\C(C)=O)S(=O)(=O)c1ccccc1. The topological polar surface area (TPSA) is 84.8 Å². The summed E-state index contributed by atoms with van der Waals surface area (Å²) in [6.07, 6.45) is 0. The fraction of sp³-hybridized carbons (Fsp3) is 0.125. The lowest BCUT2D eigenvalue weighted by Gasteiger charge is -2.09. The summed E-state index contributed by atoms with van der Waals surface area (Å²) in [5.74, 6) is -0.174. The molecule has 120 valence electrons. The second-order valence-corrected chi connectivity index (χ2v) is 6.47. The van der Waals surface area contributed by atoms with E-state index in [4.69, 9.17) is 4.74 Å². The van der Waals surface area contributed by atoms with Gasteiger partial charge in [-0.05, 0) is 24.3 Å². The molecule has 1 N–H and O–H groups in total. The Balaban J connectivity index is 2.41. The number of methoxy groups -OCH3 is 1. The van der Waals surface area contributed by atoms with Crippen LogP contribution < -0.4 is 10.2 Å². The molecule has 0 fully saturated rings. The van der Waals surface area contributed by atoms with Crippen molar-refractivity contribution in [3.05, 3.63) is 54.6 Å². The Morgan fingerprint density at radius 1 is 1.04 bits per heavy atom. The van der Waals surface area contributed by atoms with Crippen LogP contribution in [-0.4, -0.2) is 26.4 Å². The Labute approximate surface area is 134 Å². The molecular weight excluding hydrogens is 316 g/mol. The summed E-state index contributed by atoms with van der Waals surface area (Å²) in [6.45, 7) is 1.16. The summed E-state index contributed by atoms with van der Waals surface area (Å²) >= 11 is 0. The molecule has 6 nitrogen and oxygen atoms in total. The molecule has 0 saturated heterocycles. The van der Waals surface area contributed by atoms with Crippen LogP contribution in [0.2, 0.25) is 0 Å². The maximum Gasteiger partial charge on any atom is 0.229 e. The van der Waals surface area contributed by atoms with Gasteiger partial charge >= 0.3 is 0 Å². The van der Waals surface area contributed by atoms with Gasteiger partial charge in [-0.1, -0.05) is 30.3 Å². The van der Waals surface area contributed by atoms with Crippen molar-refractivity contribution in [1.82, 2.24) is 0 Å². The number of ketones is 1. The maximum absolute atomic E-state index is 12.5. The second-order valence-electron chi connectivity index (χ2n) is 4.60. The van der Waals surface area contributed by atoms with Crippen molar-refractivity contribution in [1.29, 1.82) is 0 Å². The molecule has 0 bridgehead atoms. The van der Waals surface area contributed by atoms with Gasteiger partial charge in [-0.2, -0.15) is 5.10 Å². The number of sulfone groups is 1. The number of carbonyl (C=O) groups is 1. The third-order valence-electron chi connectivity index (χ3n) is 2.99. The van der Waals surface area contributed by atoms with Gasteiger partial charge in [-0.3, -0.25) is 10.2 Å².